The van der Waals surface area contributed by atoms with Crippen LogP contribution in [-0.4, -0.2) is 33.2 Å². The molecule has 0 bridgehead atoms. The number of sulfonamides is 1. The van der Waals surface area contributed by atoms with Crippen molar-refractivity contribution < 1.29 is 12.8 Å². The highest BCUT2D eigenvalue weighted by Crippen LogP contribution is 2.22. The number of anilines is 1. The van der Waals surface area contributed by atoms with Gasteiger partial charge in [0.2, 0.25) is 10.0 Å². The summed E-state index contributed by atoms with van der Waals surface area (Å²) in [5.41, 5.74) is 0. The first-order valence-corrected chi connectivity index (χ1v) is 7.74. The van der Waals surface area contributed by atoms with Crippen LogP contribution in [0.4, 0.5) is 10.2 Å². The number of pyridine rings is 1. The highest BCUT2D eigenvalue weighted by molar-refractivity contribution is 9.10. The van der Waals surface area contributed by atoms with Crippen LogP contribution < -0.4 is 10.0 Å². The Bertz CT molecular complexity index is 496. The molecule has 1 aromatic rings. The number of halogens is 2. The molecule has 2 N–H and O–H groups in total. The smallest absolute Gasteiger partial charge is 0.244 e. The summed E-state index contributed by atoms with van der Waals surface area (Å²) in [7, 11) is -3.75. The summed E-state index contributed by atoms with van der Waals surface area (Å²) in [5.74, 6) is 0.270. The second kappa shape index (κ2) is 7.01. The van der Waals surface area contributed by atoms with Crippen LogP contribution in [0.1, 0.15) is 13.3 Å². The molecule has 0 spiro atoms. The van der Waals surface area contributed by atoms with Gasteiger partial charge in [-0.3, -0.25) is 0 Å². The lowest BCUT2D eigenvalue weighted by atomic mass is 10.4. The lowest BCUT2D eigenvalue weighted by Crippen LogP contribution is -2.27. The molecule has 0 aliphatic rings. The minimum atomic E-state index is -3.75. The molecule has 1 rings (SSSR count). The molecule has 0 saturated carbocycles. The van der Waals surface area contributed by atoms with Crippen molar-refractivity contribution in [3.05, 3.63) is 16.7 Å². The largest absolute Gasteiger partial charge is 0.369 e. The number of hydrogen-bond donors (Lipinski definition) is 2. The maximum absolute atomic E-state index is 12.1. The SMILES string of the molecule is CCCNc1ncc(Br)cc1S(=O)(=O)NCCF. The maximum Gasteiger partial charge on any atom is 0.244 e. The third kappa shape index (κ3) is 4.18. The van der Waals surface area contributed by atoms with Crippen LogP contribution in [0.5, 0.6) is 0 Å². The van der Waals surface area contributed by atoms with Crippen LogP contribution in [0.25, 0.3) is 0 Å². The molecule has 0 saturated heterocycles. The first-order chi connectivity index (χ1) is 8.51. The van der Waals surface area contributed by atoms with Crippen LogP contribution in [-0.2, 0) is 10.0 Å². The molecule has 0 atom stereocenters. The Hall–Kier alpha value is -0.730. The van der Waals surface area contributed by atoms with Crippen molar-refractivity contribution >= 4 is 31.8 Å². The molecule has 0 aliphatic carbocycles. The highest BCUT2D eigenvalue weighted by Gasteiger charge is 2.19. The number of rotatable bonds is 7. The predicted octanol–water partition coefficient (Wildman–Crippen LogP) is 1.91. The summed E-state index contributed by atoms with van der Waals surface area (Å²) in [6, 6.07) is 1.44. The van der Waals surface area contributed by atoms with Gasteiger partial charge < -0.3 is 5.32 Å². The fraction of sp³-hybridized carbons (Fsp3) is 0.500. The van der Waals surface area contributed by atoms with Crippen molar-refractivity contribution in [3.63, 3.8) is 0 Å². The van der Waals surface area contributed by atoms with E-state index in [9.17, 15) is 12.8 Å². The zero-order chi connectivity index (χ0) is 13.6. The Morgan fingerprint density at radius 2 is 2.17 bits per heavy atom. The molecule has 0 amide bonds. The zero-order valence-corrected chi connectivity index (χ0v) is 12.3. The standard InChI is InChI=1S/C10H15BrFN3O2S/c1-2-4-13-10-9(6-8(11)7-14-10)18(16,17)15-5-3-12/h6-7,15H,2-5H2,1H3,(H,13,14). The van der Waals surface area contributed by atoms with E-state index < -0.39 is 16.7 Å². The summed E-state index contributed by atoms with van der Waals surface area (Å²) in [5, 5.41) is 2.93. The summed E-state index contributed by atoms with van der Waals surface area (Å²) in [6.07, 6.45) is 2.35. The highest BCUT2D eigenvalue weighted by atomic mass is 79.9. The van der Waals surface area contributed by atoms with Gasteiger partial charge in [0.25, 0.3) is 0 Å². The van der Waals surface area contributed by atoms with E-state index in [1.54, 1.807) is 0 Å². The van der Waals surface area contributed by atoms with E-state index in [0.717, 1.165) is 6.42 Å². The molecule has 18 heavy (non-hydrogen) atoms. The number of nitrogens with zero attached hydrogens (tertiary/aromatic N) is 1. The second-order valence-electron chi connectivity index (χ2n) is 3.51. The third-order valence-corrected chi connectivity index (χ3v) is 3.95. The van der Waals surface area contributed by atoms with Gasteiger partial charge in [0.05, 0.1) is 0 Å². The first kappa shape index (κ1) is 15.3. The van der Waals surface area contributed by atoms with Gasteiger partial charge in [0.15, 0.2) is 0 Å². The lowest BCUT2D eigenvalue weighted by molar-refractivity contribution is 0.486. The Labute approximate surface area is 114 Å². The molecule has 1 aromatic heterocycles. The predicted molar refractivity (Wildman–Crippen MR) is 71.9 cm³/mol. The topological polar surface area (TPSA) is 71.1 Å². The Balaban J connectivity index is 3.07. The summed E-state index contributed by atoms with van der Waals surface area (Å²) in [4.78, 5) is 4.03. The van der Waals surface area contributed by atoms with Crippen LogP contribution in [0.15, 0.2) is 21.6 Å². The van der Waals surface area contributed by atoms with Gasteiger partial charge in [0.1, 0.15) is 17.4 Å². The van der Waals surface area contributed by atoms with Gasteiger partial charge in [-0.25, -0.2) is 22.5 Å². The summed E-state index contributed by atoms with van der Waals surface area (Å²) < 4.78 is 38.7. The van der Waals surface area contributed by atoms with E-state index in [1.807, 2.05) is 6.92 Å². The van der Waals surface area contributed by atoms with Crippen molar-refractivity contribution in [3.8, 4) is 0 Å². The van der Waals surface area contributed by atoms with Crippen molar-refractivity contribution in [2.24, 2.45) is 0 Å². The number of aromatic nitrogens is 1. The van der Waals surface area contributed by atoms with E-state index in [1.165, 1.54) is 12.3 Å². The van der Waals surface area contributed by atoms with Crippen molar-refractivity contribution in [1.82, 2.24) is 9.71 Å². The minimum Gasteiger partial charge on any atom is -0.369 e. The fourth-order valence-corrected chi connectivity index (χ4v) is 2.90. The maximum atomic E-state index is 12.1. The van der Waals surface area contributed by atoms with Crippen molar-refractivity contribution in [2.45, 2.75) is 18.2 Å². The molecule has 102 valence electrons. The monoisotopic (exact) mass is 339 g/mol. The fourth-order valence-electron chi connectivity index (χ4n) is 1.25. The van der Waals surface area contributed by atoms with Gasteiger partial charge in [0, 0.05) is 23.8 Å². The van der Waals surface area contributed by atoms with Gasteiger partial charge in [-0.2, -0.15) is 0 Å². The first-order valence-electron chi connectivity index (χ1n) is 5.46. The van der Waals surface area contributed by atoms with E-state index in [2.05, 4.69) is 31.0 Å². The van der Waals surface area contributed by atoms with Crippen LogP contribution in [0.3, 0.4) is 0 Å². The molecule has 0 radical (unpaired) electrons. The Kier molecular flexibility index (Phi) is 5.97. The molecular weight excluding hydrogens is 325 g/mol. The van der Waals surface area contributed by atoms with Crippen LogP contribution in [0, 0.1) is 0 Å². The van der Waals surface area contributed by atoms with Gasteiger partial charge in [-0.05, 0) is 28.4 Å². The Morgan fingerprint density at radius 1 is 1.44 bits per heavy atom. The van der Waals surface area contributed by atoms with Gasteiger partial charge in [-0.15, -0.1) is 0 Å². The van der Waals surface area contributed by atoms with Crippen molar-refractivity contribution in [1.29, 1.82) is 0 Å². The molecular formula is C10H15BrFN3O2S. The van der Waals surface area contributed by atoms with E-state index in [0.29, 0.717) is 11.0 Å². The molecule has 0 aromatic carbocycles. The number of hydrogen-bond acceptors (Lipinski definition) is 4. The summed E-state index contributed by atoms with van der Waals surface area (Å²) in [6.45, 7) is 1.57. The minimum absolute atomic E-state index is 0.0128. The number of alkyl halides is 1. The zero-order valence-electron chi connectivity index (χ0n) is 9.91. The van der Waals surface area contributed by atoms with Crippen LogP contribution >= 0.6 is 15.9 Å². The van der Waals surface area contributed by atoms with Crippen LogP contribution in [0.2, 0.25) is 0 Å². The molecule has 1 heterocycles. The van der Waals surface area contributed by atoms with Gasteiger partial charge >= 0.3 is 0 Å². The van der Waals surface area contributed by atoms with E-state index >= 15 is 0 Å². The lowest BCUT2D eigenvalue weighted by Gasteiger charge is -2.11. The second-order valence-corrected chi connectivity index (χ2v) is 6.16. The van der Waals surface area contributed by atoms with E-state index in [4.69, 9.17) is 0 Å². The number of nitrogens with one attached hydrogen (secondary N) is 2. The average Bonchev–Trinajstić information content (AvgIpc) is 2.35. The van der Waals surface area contributed by atoms with Crippen molar-refractivity contribution in [2.75, 3.05) is 25.1 Å². The van der Waals surface area contributed by atoms with Gasteiger partial charge in [-0.1, -0.05) is 6.92 Å². The van der Waals surface area contributed by atoms with E-state index in [-0.39, 0.29) is 17.3 Å². The average molecular weight is 340 g/mol. The molecule has 8 heteroatoms. The molecule has 0 fully saturated rings. The normalized spacial score (nSPS) is 11.5. The molecule has 5 nitrogen and oxygen atoms in total. The quantitative estimate of drug-likeness (QED) is 0.796. The third-order valence-electron chi connectivity index (χ3n) is 2.04. The molecule has 0 unspecified atom stereocenters. The molecule has 0 aliphatic heterocycles. The summed E-state index contributed by atoms with van der Waals surface area (Å²) >= 11 is 3.17. The Morgan fingerprint density at radius 3 is 2.78 bits per heavy atom.